The molecule has 0 fully saturated rings. The molecule has 0 aromatic heterocycles. The molecule has 0 bridgehead atoms. The van der Waals surface area contributed by atoms with Gasteiger partial charge in [-0.15, -0.1) is 0 Å². The van der Waals surface area contributed by atoms with Crippen LogP contribution in [0.5, 0.6) is 0 Å². The lowest BCUT2D eigenvalue weighted by molar-refractivity contribution is 0.0880. The Kier molecular flexibility index (Phi) is 2.58. The van der Waals surface area contributed by atoms with Crippen LogP contribution in [-0.4, -0.2) is 6.10 Å². The maximum absolute atomic E-state index is 5.75. The van der Waals surface area contributed by atoms with Gasteiger partial charge in [0, 0.05) is 12.3 Å². The molecule has 1 heterocycles. The molecule has 1 unspecified atom stereocenters. The van der Waals surface area contributed by atoms with E-state index < -0.39 is 0 Å². The maximum Gasteiger partial charge on any atom is 0.104 e. The summed E-state index contributed by atoms with van der Waals surface area (Å²) in [6, 6.07) is 0. The molecule has 0 aromatic rings. The first-order valence-electron chi connectivity index (χ1n) is 4.48. The quantitative estimate of drug-likeness (QED) is 0.594. The second kappa shape index (κ2) is 3.29. The average Bonchev–Trinajstić information content (AvgIpc) is 2.33. The maximum atomic E-state index is 5.75. The van der Waals surface area contributed by atoms with Crippen LogP contribution in [0.25, 0.3) is 0 Å². The van der Waals surface area contributed by atoms with E-state index in [-0.39, 0.29) is 0 Å². The number of ether oxygens (including phenoxy) is 1. The van der Waals surface area contributed by atoms with Crippen molar-refractivity contribution in [1.82, 2.24) is 0 Å². The molecular formula is C10H18O. The van der Waals surface area contributed by atoms with Gasteiger partial charge in [-0.25, -0.2) is 0 Å². The summed E-state index contributed by atoms with van der Waals surface area (Å²) in [6.07, 6.45) is 3.77. The van der Waals surface area contributed by atoms with E-state index in [9.17, 15) is 0 Å². The zero-order valence-corrected chi connectivity index (χ0v) is 7.92. The first kappa shape index (κ1) is 8.63. The fraction of sp³-hybridized carbons (Fsp3) is 0.800. The predicted molar refractivity (Wildman–Crippen MR) is 47.2 cm³/mol. The Morgan fingerprint density at radius 2 is 2.00 bits per heavy atom. The summed E-state index contributed by atoms with van der Waals surface area (Å²) in [5, 5.41) is 0. The van der Waals surface area contributed by atoms with Gasteiger partial charge in [-0.3, -0.25) is 0 Å². The molecule has 1 aliphatic heterocycles. The lowest BCUT2D eigenvalue weighted by Crippen LogP contribution is -2.14. The summed E-state index contributed by atoms with van der Waals surface area (Å²) in [5.41, 5.74) is 0. The Labute approximate surface area is 69.4 Å². The first-order chi connectivity index (χ1) is 5.11. The third-order valence-corrected chi connectivity index (χ3v) is 2.15. The van der Waals surface area contributed by atoms with Crippen molar-refractivity contribution in [2.45, 2.75) is 40.2 Å². The van der Waals surface area contributed by atoms with Crippen LogP contribution < -0.4 is 0 Å². The van der Waals surface area contributed by atoms with Gasteiger partial charge in [-0.2, -0.15) is 0 Å². The van der Waals surface area contributed by atoms with Crippen LogP contribution in [0.1, 0.15) is 34.1 Å². The molecule has 0 aromatic carbocycles. The van der Waals surface area contributed by atoms with E-state index >= 15 is 0 Å². The highest BCUT2D eigenvalue weighted by Gasteiger charge is 2.22. The summed E-state index contributed by atoms with van der Waals surface area (Å²) in [7, 11) is 0. The minimum atomic E-state index is 0.437. The van der Waals surface area contributed by atoms with Crippen molar-refractivity contribution in [3.63, 3.8) is 0 Å². The molecule has 1 heteroatoms. The lowest BCUT2D eigenvalue weighted by atomic mass is 10.1. The summed E-state index contributed by atoms with van der Waals surface area (Å²) in [5.74, 6) is 2.38. The second-order valence-corrected chi connectivity index (χ2v) is 3.90. The predicted octanol–water partition coefficient (Wildman–Crippen LogP) is 2.97. The highest BCUT2D eigenvalue weighted by atomic mass is 16.5. The van der Waals surface area contributed by atoms with Gasteiger partial charge in [-0.05, 0) is 12.0 Å². The van der Waals surface area contributed by atoms with Crippen LogP contribution in [0.15, 0.2) is 11.8 Å². The second-order valence-electron chi connectivity index (χ2n) is 3.90. The van der Waals surface area contributed by atoms with Crippen molar-refractivity contribution in [1.29, 1.82) is 0 Å². The monoisotopic (exact) mass is 154 g/mol. The van der Waals surface area contributed by atoms with Crippen LogP contribution in [0, 0.1) is 11.8 Å². The molecule has 0 N–H and O–H groups in total. The van der Waals surface area contributed by atoms with Crippen molar-refractivity contribution in [2.75, 3.05) is 0 Å². The molecule has 0 radical (unpaired) electrons. The zero-order chi connectivity index (χ0) is 8.43. The highest BCUT2D eigenvalue weighted by Crippen LogP contribution is 2.27. The highest BCUT2D eigenvalue weighted by molar-refractivity contribution is 5.04. The van der Waals surface area contributed by atoms with Crippen LogP contribution in [0.4, 0.5) is 0 Å². The van der Waals surface area contributed by atoms with E-state index in [1.54, 1.807) is 0 Å². The largest absolute Gasteiger partial charge is 0.494 e. The van der Waals surface area contributed by atoms with E-state index in [0.717, 1.165) is 6.42 Å². The molecule has 0 saturated carbocycles. The van der Waals surface area contributed by atoms with Crippen molar-refractivity contribution in [2.24, 2.45) is 11.8 Å². The van der Waals surface area contributed by atoms with Gasteiger partial charge in [0.1, 0.15) is 6.10 Å². The number of allylic oxidation sites excluding steroid dienone is 1. The molecule has 0 aliphatic carbocycles. The van der Waals surface area contributed by atoms with Gasteiger partial charge in [0.05, 0.1) is 5.76 Å². The topological polar surface area (TPSA) is 9.23 Å². The van der Waals surface area contributed by atoms with Crippen molar-refractivity contribution >= 4 is 0 Å². The molecular weight excluding hydrogens is 136 g/mol. The molecule has 0 amide bonds. The van der Waals surface area contributed by atoms with Gasteiger partial charge in [0.2, 0.25) is 0 Å². The fourth-order valence-electron chi connectivity index (χ4n) is 1.28. The Bertz CT molecular complexity index is 156. The summed E-state index contributed by atoms with van der Waals surface area (Å²) in [4.78, 5) is 0. The van der Waals surface area contributed by atoms with Gasteiger partial charge in [0.15, 0.2) is 0 Å². The van der Waals surface area contributed by atoms with E-state index in [0.29, 0.717) is 17.9 Å². The van der Waals surface area contributed by atoms with Gasteiger partial charge >= 0.3 is 0 Å². The number of hydrogen-bond acceptors (Lipinski definition) is 1. The lowest BCUT2D eigenvalue weighted by Gasteiger charge is -2.17. The number of hydrogen-bond donors (Lipinski definition) is 0. The summed E-state index contributed by atoms with van der Waals surface area (Å²) >= 11 is 0. The molecule has 64 valence electrons. The molecule has 0 saturated heterocycles. The molecule has 0 spiro atoms. The summed E-state index contributed by atoms with van der Waals surface area (Å²) < 4.78 is 5.75. The Morgan fingerprint density at radius 3 is 2.27 bits per heavy atom. The van der Waals surface area contributed by atoms with Crippen LogP contribution in [-0.2, 0) is 4.74 Å². The van der Waals surface area contributed by atoms with Gasteiger partial charge in [-0.1, -0.05) is 27.7 Å². The number of rotatable bonds is 2. The van der Waals surface area contributed by atoms with Crippen LogP contribution in [0.2, 0.25) is 0 Å². The first-order valence-corrected chi connectivity index (χ1v) is 4.48. The minimum absolute atomic E-state index is 0.437. The molecule has 1 atom stereocenters. The standard InChI is InChI=1S/C10H18O/c1-7(2)9-5-6-10(11-9)8(3)4/h5,7-8,10H,6H2,1-4H3. The van der Waals surface area contributed by atoms with E-state index in [4.69, 9.17) is 4.74 Å². The van der Waals surface area contributed by atoms with E-state index in [1.165, 1.54) is 5.76 Å². The molecule has 1 aliphatic rings. The fourth-order valence-corrected chi connectivity index (χ4v) is 1.28. The van der Waals surface area contributed by atoms with Crippen LogP contribution >= 0.6 is 0 Å². The third-order valence-electron chi connectivity index (χ3n) is 2.15. The Hall–Kier alpha value is -0.460. The van der Waals surface area contributed by atoms with Gasteiger partial charge in [0.25, 0.3) is 0 Å². The molecule has 1 rings (SSSR count). The van der Waals surface area contributed by atoms with Crippen molar-refractivity contribution < 1.29 is 4.74 Å². The normalized spacial score (nSPS) is 24.2. The summed E-state index contributed by atoms with van der Waals surface area (Å²) in [6.45, 7) is 8.77. The van der Waals surface area contributed by atoms with Gasteiger partial charge < -0.3 is 4.74 Å². The Morgan fingerprint density at radius 1 is 1.36 bits per heavy atom. The third kappa shape index (κ3) is 1.98. The minimum Gasteiger partial charge on any atom is -0.494 e. The Balaban J connectivity index is 2.43. The zero-order valence-electron chi connectivity index (χ0n) is 7.92. The van der Waals surface area contributed by atoms with Crippen molar-refractivity contribution in [3.05, 3.63) is 11.8 Å². The SMILES string of the molecule is CC(C)C1=CCC(C(C)C)O1. The molecule has 1 nitrogen and oxygen atoms in total. The smallest absolute Gasteiger partial charge is 0.104 e. The van der Waals surface area contributed by atoms with E-state index in [2.05, 4.69) is 33.8 Å². The van der Waals surface area contributed by atoms with Crippen LogP contribution in [0.3, 0.4) is 0 Å². The van der Waals surface area contributed by atoms with E-state index in [1.807, 2.05) is 0 Å². The average molecular weight is 154 g/mol. The molecule has 11 heavy (non-hydrogen) atoms. The van der Waals surface area contributed by atoms with Crippen molar-refractivity contribution in [3.8, 4) is 0 Å².